The number of amides is 1. The maximum absolute atomic E-state index is 12.8. The highest BCUT2D eigenvalue weighted by molar-refractivity contribution is 7.89. The quantitative estimate of drug-likeness (QED) is 0.787. The maximum Gasteiger partial charge on any atom is 0.243 e. The van der Waals surface area contributed by atoms with Crippen LogP contribution in [-0.4, -0.2) is 62.4 Å². The lowest BCUT2D eigenvalue weighted by Gasteiger charge is -2.36. The molecule has 0 radical (unpaired) electrons. The van der Waals surface area contributed by atoms with E-state index in [1.165, 1.54) is 16.4 Å². The lowest BCUT2D eigenvalue weighted by Crippen LogP contribution is -2.55. The van der Waals surface area contributed by atoms with E-state index in [0.29, 0.717) is 25.3 Å². The largest absolute Gasteiger partial charge is 0.379 e. The highest BCUT2D eigenvalue weighted by Gasteiger charge is 2.37. The Morgan fingerprint density at radius 1 is 1.21 bits per heavy atom. The number of halogens is 2. The van der Waals surface area contributed by atoms with Crippen molar-refractivity contribution in [3.05, 3.63) is 27.7 Å². The fraction of sp³-hybridized carbons (Fsp3) is 0.533. The van der Waals surface area contributed by atoms with Crippen molar-refractivity contribution in [2.45, 2.75) is 24.3 Å². The Morgan fingerprint density at radius 2 is 1.88 bits per heavy atom. The summed E-state index contributed by atoms with van der Waals surface area (Å²) in [7, 11) is -3.82. The fourth-order valence-corrected chi connectivity index (χ4v) is 4.99. The molecule has 1 amide bonds. The molecule has 2 aliphatic rings. The zero-order valence-corrected chi connectivity index (χ0v) is 15.5. The molecule has 2 fully saturated rings. The van der Waals surface area contributed by atoms with Gasteiger partial charge in [0.25, 0.3) is 0 Å². The molecule has 1 atom stereocenters. The number of sulfonamides is 1. The summed E-state index contributed by atoms with van der Waals surface area (Å²) in [5.74, 6) is -0.204. The van der Waals surface area contributed by atoms with Gasteiger partial charge in [-0.1, -0.05) is 23.2 Å². The summed E-state index contributed by atoms with van der Waals surface area (Å²) in [6.07, 6.45) is 0.793. The number of ether oxygens (including phenoxy) is 1. The van der Waals surface area contributed by atoms with E-state index in [1.54, 1.807) is 11.8 Å². The summed E-state index contributed by atoms with van der Waals surface area (Å²) in [4.78, 5) is 14.1. The molecule has 1 aromatic rings. The maximum atomic E-state index is 12.8. The molecule has 3 rings (SSSR count). The molecule has 1 unspecified atom stereocenters. The first kappa shape index (κ1) is 17.9. The Bertz CT molecular complexity index is 740. The monoisotopic (exact) mass is 392 g/mol. The van der Waals surface area contributed by atoms with Gasteiger partial charge >= 0.3 is 0 Å². The molecule has 0 N–H and O–H groups in total. The van der Waals surface area contributed by atoms with E-state index in [0.717, 1.165) is 6.42 Å². The van der Waals surface area contributed by atoms with E-state index in [2.05, 4.69) is 0 Å². The molecule has 2 saturated heterocycles. The molecule has 132 valence electrons. The van der Waals surface area contributed by atoms with Crippen LogP contribution in [0.3, 0.4) is 0 Å². The van der Waals surface area contributed by atoms with Crippen molar-refractivity contribution in [3.8, 4) is 0 Å². The molecule has 2 aliphatic heterocycles. The first-order chi connectivity index (χ1) is 11.3. The molecule has 1 aromatic carbocycles. The number of rotatable bonds is 3. The summed E-state index contributed by atoms with van der Waals surface area (Å²) in [5.41, 5.74) is 0.624. The Labute approximate surface area is 151 Å². The van der Waals surface area contributed by atoms with Crippen molar-refractivity contribution in [1.82, 2.24) is 9.21 Å². The topological polar surface area (TPSA) is 66.9 Å². The molecule has 0 saturated carbocycles. The standard InChI is InChI=1S/C15H18Cl2N2O4S/c1-10-13(16)6-12(7-14(10)17)24(21,22)18-3-4-19(15(20)8-18)11-2-5-23-9-11/h6-7,11H,2-5,8-9H2,1H3. The van der Waals surface area contributed by atoms with Crippen LogP contribution in [-0.2, 0) is 19.6 Å². The van der Waals surface area contributed by atoms with Crippen LogP contribution in [0.5, 0.6) is 0 Å². The van der Waals surface area contributed by atoms with E-state index in [9.17, 15) is 13.2 Å². The molecule has 9 heteroatoms. The van der Waals surface area contributed by atoms with E-state index in [-0.39, 0.29) is 40.0 Å². The molecule has 0 bridgehead atoms. The molecular formula is C15H18Cl2N2O4S. The minimum absolute atomic E-state index is 0.00792. The fourth-order valence-electron chi connectivity index (χ4n) is 2.94. The molecule has 0 spiro atoms. The molecule has 0 aromatic heterocycles. The van der Waals surface area contributed by atoms with Crippen molar-refractivity contribution in [2.24, 2.45) is 0 Å². The van der Waals surface area contributed by atoms with E-state index < -0.39 is 10.0 Å². The second-order valence-corrected chi connectivity index (χ2v) is 8.71. The lowest BCUT2D eigenvalue weighted by molar-refractivity contribution is -0.136. The molecular weight excluding hydrogens is 375 g/mol. The predicted molar refractivity (Wildman–Crippen MR) is 90.9 cm³/mol. The summed E-state index contributed by atoms with van der Waals surface area (Å²) < 4.78 is 32.1. The van der Waals surface area contributed by atoms with Crippen LogP contribution in [0.4, 0.5) is 0 Å². The van der Waals surface area contributed by atoms with Crippen molar-refractivity contribution >= 4 is 39.1 Å². The first-order valence-corrected chi connectivity index (χ1v) is 9.83. The third kappa shape index (κ3) is 3.28. The Morgan fingerprint density at radius 3 is 2.42 bits per heavy atom. The SMILES string of the molecule is Cc1c(Cl)cc(S(=O)(=O)N2CCN(C3CCOC3)C(=O)C2)cc1Cl. The summed E-state index contributed by atoms with van der Waals surface area (Å²) >= 11 is 12.1. The van der Waals surface area contributed by atoms with Crippen LogP contribution in [0.1, 0.15) is 12.0 Å². The van der Waals surface area contributed by atoms with Crippen molar-refractivity contribution in [1.29, 1.82) is 0 Å². The number of carbonyl (C=O) groups excluding carboxylic acids is 1. The Balaban J connectivity index is 1.80. The normalized spacial score (nSPS) is 23.0. The molecule has 0 aliphatic carbocycles. The van der Waals surface area contributed by atoms with Crippen molar-refractivity contribution < 1.29 is 17.9 Å². The molecule has 24 heavy (non-hydrogen) atoms. The van der Waals surface area contributed by atoms with Gasteiger partial charge in [-0.3, -0.25) is 4.79 Å². The third-order valence-electron chi connectivity index (χ3n) is 4.46. The zero-order chi connectivity index (χ0) is 17.5. The van der Waals surface area contributed by atoms with E-state index >= 15 is 0 Å². The van der Waals surface area contributed by atoms with Crippen molar-refractivity contribution in [2.75, 3.05) is 32.8 Å². The second-order valence-electron chi connectivity index (χ2n) is 5.96. The van der Waals surface area contributed by atoms with E-state index in [1.807, 2.05) is 0 Å². The molecule has 6 nitrogen and oxygen atoms in total. The Kier molecular flexibility index (Phi) is 5.09. The number of hydrogen-bond acceptors (Lipinski definition) is 4. The van der Waals surface area contributed by atoms with Gasteiger partial charge in [0.1, 0.15) is 0 Å². The average Bonchev–Trinajstić information content (AvgIpc) is 3.06. The van der Waals surface area contributed by atoms with Gasteiger partial charge in [0.2, 0.25) is 15.9 Å². The summed E-state index contributed by atoms with van der Waals surface area (Å²) in [6.45, 7) is 3.29. The van der Waals surface area contributed by atoms with Crippen molar-refractivity contribution in [3.63, 3.8) is 0 Å². The first-order valence-electron chi connectivity index (χ1n) is 7.63. The van der Waals surface area contributed by atoms with Gasteiger partial charge < -0.3 is 9.64 Å². The van der Waals surface area contributed by atoms with Crippen LogP contribution in [0, 0.1) is 6.92 Å². The van der Waals surface area contributed by atoms with Crippen LogP contribution >= 0.6 is 23.2 Å². The van der Waals surface area contributed by atoms with Crippen LogP contribution in [0.15, 0.2) is 17.0 Å². The Hall–Kier alpha value is -0.860. The third-order valence-corrected chi connectivity index (χ3v) is 7.07. The van der Waals surface area contributed by atoms with Gasteiger partial charge in [0.05, 0.1) is 24.1 Å². The second kappa shape index (κ2) is 6.80. The number of carbonyl (C=O) groups is 1. The average molecular weight is 393 g/mol. The zero-order valence-electron chi connectivity index (χ0n) is 13.2. The lowest BCUT2D eigenvalue weighted by atomic mass is 10.2. The minimum atomic E-state index is -3.82. The number of nitrogens with zero attached hydrogens (tertiary/aromatic N) is 2. The number of piperazine rings is 1. The van der Waals surface area contributed by atoms with Gasteiger partial charge in [-0.15, -0.1) is 0 Å². The van der Waals surface area contributed by atoms with Gasteiger partial charge in [0, 0.05) is 29.7 Å². The van der Waals surface area contributed by atoms with Gasteiger partial charge in [-0.25, -0.2) is 8.42 Å². The number of hydrogen-bond donors (Lipinski definition) is 0. The smallest absolute Gasteiger partial charge is 0.243 e. The van der Waals surface area contributed by atoms with Crippen LogP contribution < -0.4 is 0 Å². The molecule has 2 heterocycles. The summed E-state index contributed by atoms with van der Waals surface area (Å²) in [6, 6.07) is 2.80. The van der Waals surface area contributed by atoms with E-state index in [4.69, 9.17) is 27.9 Å². The minimum Gasteiger partial charge on any atom is -0.379 e. The van der Waals surface area contributed by atoms with Gasteiger partial charge in [0.15, 0.2) is 0 Å². The predicted octanol–water partition coefficient (Wildman–Crippen LogP) is 1.92. The highest BCUT2D eigenvalue weighted by atomic mass is 35.5. The van der Waals surface area contributed by atoms with Gasteiger partial charge in [-0.05, 0) is 31.0 Å². The van der Waals surface area contributed by atoms with Crippen LogP contribution in [0.2, 0.25) is 10.0 Å². The number of benzene rings is 1. The highest BCUT2D eigenvalue weighted by Crippen LogP contribution is 2.30. The summed E-state index contributed by atoms with van der Waals surface area (Å²) in [5, 5.41) is 0.572. The van der Waals surface area contributed by atoms with Gasteiger partial charge in [-0.2, -0.15) is 4.31 Å². The van der Waals surface area contributed by atoms with Crippen LogP contribution in [0.25, 0.3) is 0 Å².